The van der Waals surface area contributed by atoms with Gasteiger partial charge in [-0.2, -0.15) is 0 Å². The van der Waals surface area contributed by atoms with Crippen LogP contribution in [0.4, 0.5) is 5.88 Å². The minimum Gasteiger partial charge on any atom is -0.404 e. The molecule has 1 heterocycles. The molecule has 0 saturated heterocycles. The first-order valence-corrected chi connectivity index (χ1v) is 3.71. The van der Waals surface area contributed by atoms with Gasteiger partial charge in [0.1, 0.15) is 10.7 Å². The van der Waals surface area contributed by atoms with E-state index in [1.54, 1.807) is 7.05 Å². The highest BCUT2D eigenvalue weighted by molar-refractivity contribution is 5.19. The van der Waals surface area contributed by atoms with E-state index in [-0.39, 0.29) is 12.5 Å². The minimum atomic E-state index is -0.617. The maximum atomic E-state index is 10.2. The quantitative estimate of drug-likeness (QED) is 0.526. The Morgan fingerprint density at radius 2 is 2.46 bits per heavy atom. The van der Waals surface area contributed by atoms with E-state index in [1.165, 1.54) is 12.1 Å². The van der Waals surface area contributed by atoms with Crippen molar-refractivity contribution in [3.8, 4) is 0 Å². The van der Waals surface area contributed by atoms with Crippen LogP contribution in [-0.4, -0.2) is 23.7 Å². The Hall–Kier alpha value is -1.40. The van der Waals surface area contributed by atoms with Crippen molar-refractivity contribution in [1.82, 2.24) is 5.32 Å². The molecule has 1 aromatic rings. The highest BCUT2D eigenvalue weighted by Gasteiger charge is 2.17. The zero-order valence-electron chi connectivity index (χ0n) is 7.06. The Morgan fingerprint density at radius 3 is 2.85 bits per heavy atom. The lowest BCUT2D eigenvalue weighted by atomic mass is 10.2. The van der Waals surface area contributed by atoms with Crippen molar-refractivity contribution in [2.24, 2.45) is 0 Å². The van der Waals surface area contributed by atoms with Crippen LogP contribution >= 0.6 is 0 Å². The maximum absolute atomic E-state index is 10.2. The first-order chi connectivity index (χ1) is 6.19. The molecule has 0 unspecified atom stereocenters. The van der Waals surface area contributed by atoms with Crippen LogP contribution in [-0.2, 0) is 0 Å². The van der Waals surface area contributed by atoms with Gasteiger partial charge in [-0.3, -0.25) is 10.1 Å². The van der Waals surface area contributed by atoms with Crippen molar-refractivity contribution in [2.45, 2.75) is 6.04 Å². The van der Waals surface area contributed by atoms with Gasteiger partial charge in [-0.1, -0.05) is 0 Å². The highest BCUT2D eigenvalue weighted by atomic mass is 16.6. The molecule has 6 nitrogen and oxygen atoms in total. The summed E-state index contributed by atoms with van der Waals surface area (Å²) in [6.07, 6.45) is 0. The van der Waals surface area contributed by atoms with Crippen LogP contribution in [0.3, 0.4) is 0 Å². The fourth-order valence-electron chi connectivity index (χ4n) is 0.951. The molecule has 0 radical (unpaired) electrons. The second-order valence-electron chi connectivity index (χ2n) is 2.46. The van der Waals surface area contributed by atoms with E-state index in [4.69, 9.17) is 9.52 Å². The summed E-state index contributed by atoms with van der Waals surface area (Å²) in [7, 11) is 1.63. The van der Waals surface area contributed by atoms with E-state index in [2.05, 4.69) is 5.32 Å². The average Bonchev–Trinajstić information content (AvgIpc) is 2.56. The summed E-state index contributed by atoms with van der Waals surface area (Å²) in [5, 5.41) is 21.8. The smallest absolute Gasteiger partial charge is 0.404 e. The van der Waals surface area contributed by atoms with Crippen LogP contribution in [0.1, 0.15) is 11.8 Å². The van der Waals surface area contributed by atoms with Gasteiger partial charge < -0.3 is 14.8 Å². The van der Waals surface area contributed by atoms with E-state index in [0.717, 1.165) is 0 Å². The Bertz CT molecular complexity index is 292. The van der Waals surface area contributed by atoms with Gasteiger partial charge in [-0.15, -0.1) is 0 Å². The molecule has 1 rings (SSSR count). The number of rotatable bonds is 4. The third kappa shape index (κ3) is 2.04. The number of nitro groups is 1. The first-order valence-electron chi connectivity index (χ1n) is 3.71. The van der Waals surface area contributed by atoms with E-state index in [9.17, 15) is 10.1 Å². The van der Waals surface area contributed by atoms with Crippen molar-refractivity contribution in [1.29, 1.82) is 0 Å². The Balaban J connectivity index is 2.84. The molecule has 0 saturated carbocycles. The predicted molar refractivity (Wildman–Crippen MR) is 44.2 cm³/mol. The van der Waals surface area contributed by atoms with Crippen LogP contribution in [0, 0.1) is 10.1 Å². The number of aliphatic hydroxyl groups is 1. The molecule has 0 aliphatic rings. The minimum absolute atomic E-state index is 0.166. The van der Waals surface area contributed by atoms with Crippen LogP contribution < -0.4 is 5.32 Å². The molecular formula is C7H10N2O4. The van der Waals surface area contributed by atoms with Gasteiger partial charge >= 0.3 is 5.88 Å². The Morgan fingerprint density at radius 1 is 1.77 bits per heavy atom. The molecule has 0 aliphatic carbocycles. The van der Waals surface area contributed by atoms with Gasteiger partial charge in [0.15, 0.2) is 0 Å². The van der Waals surface area contributed by atoms with Gasteiger partial charge in [0.25, 0.3) is 0 Å². The molecule has 13 heavy (non-hydrogen) atoms. The van der Waals surface area contributed by atoms with Crippen LogP contribution in [0.15, 0.2) is 16.5 Å². The maximum Gasteiger partial charge on any atom is 0.433 e. The fraction of sp³-hybridized carbons (Fsp3) is 0.429. The Labute approximate surface area is 74.3 Å². The monoisotopic (exact) mass is 186 g/mol. The second-order valence-corrected chi connectivity index (χ2v) is 2.46. The molecule has 72 valence electrons. The summed E-state index contributed by atoms with van der Waals surface area (Å²) in [5.74, 6) is 0.0420. The second kappa shape index (κ2) is 4.01. The molecule has 1 atom stereocenters. The van der Waals surface area contributed by atoms with E-state index in [1.807, 2.05) is 0 Å². The zero-order valence-corrected chi connectivity index (χ0v) is 7.06. The summed E-state index contributed by atoms with van der Waals surface area (Å²) in [4.78, 5) is 9.62. The van der Waals surface area contributed by atoms with Crippen molar-refractivity contribution in [2.75, 3.05) is 13.7 Å². The van der Waals surface area contributed by atoms with Crippen LogP contribution in [0.2, 0.25) is 0 Å². The largest absolute Gasteiger partial charge is 0.433 e. The number of nitrogens with zero attached hydrogens (tertiary/aromatic N) is 1. The average molecular weight is 186 g/mol. The zero-order chi connectivity index (χ0) is 9.84. The van der Waals surface area contributed by atoms with Crippen molar-refractivity contribution in [3.63, 3.8) is 0 Å². The topological polar surface area (TPSA) is 88.5 Å². The standard InChI is InChI=1S/C7H10N2O4/c1-8-5(4-10)6-2-3-7(13-6)9(11)12/h2-3,5,8,10H,4H2,1H3/t5-/m1/s1. The third-order valence-corrected chi connectivity index (χ3v) is 1.67. The van der Waals surface area contributed by atoms with E-state index >= 15 is 0 Å². The highest BCUT2D eigenvalue weighted by Crippen LogP contribution is 2.20. The molecular weight excluding hydrogens is 176 g/mol. The molecule has 2 N–H and O–H groups in total. The molecule has 0 spiro atoms. The molecule has 1 aromatic heterocycles. The van der Waals surface area contributed by atoms with Gasteiger partial charge in [-0.25, -0.2) is 0 Å². The van der Waals surface area contributed by atoms with Gasteiger partial charge in [-0.05, 0) is 13.1 Å². The molecule has 6 heteroatoms. The number of furan rings is 1. The fourth-order valence-corrected chi connectivity index (χ4v) is 0.951. The SMILES string of the molecule is CN[C@H](CO)c1ccc([N+](=O)[O-])o1. The van der Waals surface area contributed by atoms with Crippen LogP contribution in [0.25, 0.3) is 0 Å². The Kier molecular flexibility index (Phi) is 2.99. The number of hydrogen-bond donors (Lipinski definition) is 2. The molecule has 0 aromatic carbocycles. The lowest BCUT2D eigenvalue weighted by Crippen LogP contribution is -2.19. The lowest BCUT2D eigenvalue weighted by molar-refractivity contribution is -0.402. The molecule has 0 aliphatic heterocycles. The lowest BCUT2D eigenvalue weighted by Gasteiger charge is -2.07. The van der Waals surface area contributed by atoms with Gasteiger partial charge in [0.05, 0.1) is 18.7 Å². The summed E-state index contributed by atoms with van der Waals surface area (Å²) < 4.78 is 4.87. The van der Waals surface area contributed by atoms with Crippen molar-refractivity contribution in [3.05, 3.63) is 28.0 Å². The van der Waals surface area contributed by atoms with E-state index < -0.39 is 11.0 Å². The number of nitrogens with one attached hydrogen (secondary N) is 1. The molecule has 0 bridgehead atoms. The van der Waals surface area contributed by atoms with Gasteiger partial charge in [0.2, 0.25) is 0 Å². The van der Waals surface area contributed by atoms with E-state index in [0.29, 0.717) is 5.76 Å². The molecule has 0 amide bonds. The summed E-state index contributed by atoms with van der Waals surface area (Å²) >= 11 is 0. The predicted octanol–water partition coefficient (Wildman–Crippen LogP) is 0.441. The summed E-state index contributed by atoms with van der Waals surface area (Å²) in [6.45, 7) is -0.166. The number of aliphatic hydroxyl groups excluding tert-OH is 1. The third-order valence-electron chi connectivity index (χ3n) is 1.67. The van der Waals surface area contributed by atoms with Crippen LogP contribution in [0.5, 0.6) is 0 Å². The van der Waals surface area contributed by atoms with Crippen molar-refractivity contribution < 1.29 is 14.4 Å². The van der Waals surface area contributed by atoms with Gasteiger partial charge in [0, 0.05) is 0 Å². The number of likely N-dealkylation sites (N-methyl/N-ethyl adjacent to an activating group) is 1. The normalized spacial score (nSPS) is 12.8. The molecule has 0 fully saturated rings. The summed E-state index contributed by atoms with van der Waals surface area (Å²) in [6, 6.07) is 2.33. The van der Waals surface area contributed by atoms with Crippen molar-refractivity contribution >= 4 is 5.88 Å². The first kappa shape index (κ1) is 9.69. The summed E-state index contributed by atoms with van der Waals surface area (Å²) in [5.41, 5.74) is 0. The number of hydrogen-bond acceptors (Lipinski definition) is 5.